The zero-order valence-corrected chi connectivity index (χ0v) is 14.5. The Bertz CT molecular complexity index is 835. The van der Waals surface area contributed by atoms with Crippen molar-refractivity contribution in [1.29, 1.82) is 0 Å². The first-order valence-corrected chi connectivity index (χ1v) is 9.03. The van der Waals surface area contributed by atoms with Gasteiger partial charge >= 0.3 is 0 Å². The van der Waals surface area contributed by atoms with Crippen molar-refractivity contribution in [3.05, 3.63) is 60.2 Å². The predicted molar refractivity (Wildman–Crippen MR) is 97.2 cm³/mol. The van der Waals surface area contributed by atoms with E-state index in [2.05, 4.69) is 22.5 Å². The van der Waals surface area contributed by atoms with Crippen LogP contribution in [0.1, 0.15) is 24.8 Å². The van der Waals surface area contributed by atoms with Gasteiger partial charge in [0.25, 0.3) is 0 Å². The van der Waals surface area contributed by atoms with Gasteiger partial charge in [0, 0.05) is 35.9 Å². The van der Waals surface area contributed by atoms with Crippen molar-refractivity contribution in [2.45, 2.75) is 31.8 Å². The fourth-order valence-electron chi connectivity index (χ4n) is 3.63. The van der Waals surface area contributed by atoms with E-state index in [9.17, 15) is 9.18 Å². The molecule has 2 aliphatic rings. The van der Waals surface area contributed by atoms with Crippen molar-refractivity contribution in [2.75, 3.05) is 6.54 Å². The molecule has 2 heterocycles. The number of hydrogen-bond acceptors (Lipinski definition) is 3. The topological polar surface area (TPSA) is 51.2 Å². The highest BCUT2D eigenvalue weighted by molar-refractivity contribution is 5.79. The van der Waals surface area contributed by atoms with Gasteiger partial charge in [-0.05, 0) is 49.1 Å². The van der Waals surface area contributed by atoms with Gasteiger partial charge in [-0.15, -0.1) is 0 Å². The number of halogens is 1. The maximum Gasteiger partial charge on any atom is 0.223 e. The SMILES string of the molecule is O=C(NC[C@H]1Cc2c(F)ccc(-c3ccncc3)c2O1)[C@@H]1CC=CCC1. The summed E-state index contributed by atoms with van der Waals surface area (Å²) < 4.78 is 20.3. The van der Waals surface area contributed by atoms with Crippen molar-refractivity contribution in [2.24, 2.45) is 5.92 Å². The Morgan fingerprint density at radius 1 is 1.23 bits per heavy atom. The monoisotopic (exact) mass is 352 g/mol. The quantitative estimate of drug-likeness (QED) is 0.855. The molecular formula is C21H21FN2O2. The molecule has 4 rings (SSSR count). The molecule has 4 nitrogen and oxygen atoms in total. The maximum absolute atomic E-state index is 14.3. The van der Waals surface area contributed by atoms with Crippen LogP contribution >= 0.6 is 0 Å². The first-order valence-electron chi connectivity index (χ1n) is 9.03. The minimum atomic E-state index is -0.260. The lowest BCUT2D eigenvalue weighted by Crippen LogP contribution is -2.38. The number of amides is 1. The van der Waals surface area contributed by atoms with Crippen LogP contribution in [0.5, 0.6) is 5.75 Å². The number of pyridine rings is 1. The molecule has 0 bridgehead atoms. The number of fused-ring (bicyclic) bond motifs is 1. The second-order valence-corrected chi connectivity index (χ2v) is 6.81. The number of nitrogens with one attached hydrogen (secondary N) is 1. The summed E-state index contributed by atoms with van der Waals surface area (Å²) in [6, 6.07) is 6.97. The number of benzene rings is 1. The molecule has 1 N–H and O–H groups in total. The Morgan fingerprint density at radius 2 is 2.08 bits per heavy atom. The third kappa shape index (κ3) is 3.34. The summed E-state index contributed by atoms with van der Waals surface area (Å²) in [6.07, 6.45) is 10.4. The van der Waals surface area contributed by atoms with E-state index in [1.165, 1.54) is 6.07 Å². The van der Waals surface area contributed by atoms with Crippen molar-refractivity contribution in [3.63, 3.8) is 0 Å². The van der Waals surface area contributed by atoms with Gasteiger partial charge in [-0.1, -0.05) is 12.2 Å². The van der Waals surface area contributed by atoms with Crippen LogP contribution in [0.25, 0.3) is 11.1 Å². The van der Waals surface area contributed by atoms with Crippen LogP contribution in [-0.2, 0) is 11.2 Å². The van der Waals surface area contributed by atoms with Crippen molar-refractivity contribution >= 4 is 5.91 Å². The van der Waals surface area contributed by atoms with Crippen molar-refractivity contribution in [3.8, 4) is 16.9 Å². The second kappa shape index (κ2) is 7.28. The molecule has 0 unspecified atom stereocenters. The van der Waals surface area contributed by atoms with Crippen molar-refractivity contribution in [1.82, 2.24) is 10.3 Å². The zero-order chi connectivity index (χ0) is 17.9. The van der Waals surface area contributed by atoms with Gasteiger partial charge in [-0.25, -0.2) is 4.39 Å². The van der Waals surface area contributed by atoms with Crippen LogP contribution in [0.3, 0.4) is 0 Å². The summed E-state index contributed by atoms with van der Waals surface area (Å²) in [7, 11) is 0. The summed E-state index contributed by atoms with van der Waals surface area (Å²) in [4.78, 5) is 16.3. The second-order valence-electron chi connectivity index (χ2n) is 6.81. The Morgan fingerprint density at radius 3 is 2.85 bits per heavy atom. The van der Waals surface area contributed by atoms with Crippen LogP contribution < -0.4 is 10.1 Å². The molecule has 2 atom stereocenters. The number of allylic oxidation sites excluding steroid dienone is 2. The van der Waals surface area contributed by atoms with Crippen LogP contribution in [0.4, 0.5) is 4.39 Å². The van der Waals surface area contributed by atoms with Crippen molar-refractivity contribution < 1.29 is 13.9 Å². The van der Waals surface area contributed by atoms with Gasteiger partial charge in [0.1, 0.15) is 17.7 Å². The average molecular weight is 352 g/mol. The minimum absolute atomic E-state index is 0.0351. The molecule has 1 aromatic carbocycles. The number of aromatic nitrogens is 1. The number of carbonyl (C=O) groups excluding carboxylic acids is 1. The fourth-order valence-corrected chi connectivity index (χ4v) is 3.63. The lowest BCUT2D eigenvalue weighted by atomic mass is 9.93. The van der Waals surface area contributed by atoms with Gasteiger partial charge < -0.3 is 10.1 Å². The molecule has 1 amide bonds. The Kier molecular flexibility index (Phi) is 4.69. The molecule has 26 heavy (non-hydrogen) atoms. The largest absolute Gasteiger partial charge is 0.487 e. The Hall–Kier alpha value is -2.69. The van der Waals surface area contributed by atoms with Gasteiger partial charge in [0.05, 0.1) is 6.54 Å². The van der Waals surface area contributed by atoms with E-state index in [1.54, 1.807) is 18.5 Å². The lowest BCUT2D eigenvalue weighted by molar-refractivity contribution is -0.125. The first kappa shape index (κ1) is 16.8. The Balaban J connectivity index is 1.46. The summed E-state index contributed by atoms with van der Waals surface area (Å²) >= 11 is 0. The van der Waals surface area contributed by atoms with E-state index in [4.69, 9.17) is 4.74 Å². The molecule has 134 valence electrons. The number of hydrogen-bond donors (Lipinski definition) is 1. The number of ether oxygens (including phenoxy) is 1. The summed E-state index contributed by atoms with van der Waals surface area (Å²) in [5.74, 6) is 0.414. The standard InChI is InChI=1S/C21H21FN2O2/c22-19-7-6-17(14-8-10-23-11-9-14)20-18(19)12-16(26-20)13-24-21(25)15-4-2-1-3-5-15/h1-2,6-11,15-16H,3-5,12-13H2,(H,24,25)/t15-,16-/m1/s1. The fraction of sp³-hybridized carbons (Fsp3) is 0.333. The molecular weight excluding hydrogens is 331 g/mol. The highest BCUT2D eigenvalue weighted by Gasteiger charge is 2.29. The summed E-state index contributed by atoms with van der Waals surface area (Å²) in [5, 5.41) is 2.98. The molecule has 0 fully saturated rings. The van der Waals surface area contributed by atoms with E-state index >= 15 is 0 Å². The van der Waals surface area contributed by atoms with E-state index < -0.39 is 0 Å². The highest BCUT2D eigenvalue weighted by atomic mass is 19.1. The van der Waals surface area contributed by atoms with Crippen LogP contribution in [-0.4, -0.2) is 23.5 Å². The Labute approximate surface area is 152 Å². The molecule has 5 heteroatoms. The maximum atomic E-state index is 14.3. The molecule has 0 radical (unpaired) electrons. The summed E-state index contributed by atoms with van der Waals surface area (Å²) in [6.45, 7) is 0.392. The molecule has 2 aromatic rings. The van der Waals surface area contributed by atoms with Crippen LogP contribution in [0.15, 0.2) is 48.8 Å². The number of nitrogens with zero attached hydrogens (tertiary/aromatic N) is 1. The third-order valence-corrected chi connectivity index (χ3v) is 5.05. The van der Waals surface area contributed by atoms with Crippen LogP contribution in [0.2, 0.25) is 0 Å². The molecule has 0 saturated heterocycles. The molecule has 1 aliphatic carbocycles. The van der Waals surface area contributed by atoms with E-state index in [1.807, 2.05) is 12.1 Å². The van der Waals surface area contributed by atoms with Crippen LogP contribution in [0, 0.1) is 11.7 Å². The average Bonchev–Trinajstić information content (AvgIpc) is 3.13. The number of carbonyl (C=O) groups is 1. The van der Waals surface area contributed by atoms with Gasteiger partial charge in [0.15, 0.2) is 0 Å². The minimum Gasteiger partial charge on any atom is -0.487 e. The zero-order valence-electron chi connectivity index (χ0n) is 14.5. The van der Waals surface area contributed by atoms with E-state index in [0.717, 1.165) is 30.4 Å². The predicted octanol–water partition coefficient (Wildman–Crippen LogP) is 3.66. The molecule has 0 spiro atoms. The lowest BCUT2D eigenvalue weighted by Gasteiger charge is -2.19. The van der Waals surface area contributed by atoms with E-state index in [0.29, 0.717) is 24.3 Å². The normalized spacial score (nSPS) is 21.1. The van der Waals surface area contributed by atoms with Gasteiger partial charge in [0.2, 0.25) is 5.91 Å². The summed E-state index contributed by atoms with van der Waals surface area (Å²) in [5.41, 5.74) is 2.38. The third-order valence-electron chi connectivity index (χ3n) is 5.05. The van der Waals surface area contributed by atoms with E-state index in [-0.39, 0.29) is 23.7 Å². The smallest absolute Gasteiger partial charge is 0.223 e. The molecule has 1 aromatic heterocycles. The number of rotatable bonds is 4. The highest BCUT2D eigenvalue weighted by Crippen LogP contribution is 2.40. The first-order chi connectivity index (χ1) is 12.7. The molecule has 1 aliphatic heterocycles. The molecule has 0 saturated carbocycles. The van der Waals surface area contributed by atoms with Gasteiger partial charge in [-0.3, -0.25) is 9.78 Å². The van der Waals surface area contributed by atoms with Gasteiger partial charge in [-0.2, -0.15) is 0 Å².